The lowest BCUT2D eigenvalue weighted by Crippen LogP contribution is -2.55. The number of rotatable bonds is 10. The second kappa shape index (κ2) is 7.25. The summed E-state index contributed by atoms with van der Waals surface area (Å²) in [5.41, 5.74) is -0.176. The molecule has 0 N–H and O–H groups in total. The normalized spacial score (nSPS) is 21.2. The Kier molecular flexibility index (Phi) is 6.32. The van der Waals surface area contributed by atoms with Crippen LogP contribution in [0, 0.1) is 0 Å². The summed E-state index contributed by atoms with van der Waals surface area (Å²) in [7, 11) is 2.03. The summed E-state index contributed by atoms with van der Waals surface area (Å²) in [6.07, 6.45) is 3.68. The first-order valence-corrected chi connectivity index (χ1v) is 7.52. The zero-order chi connectivity index (χ0) is 12.7. The van der Waals surface area contributed by atoms with Crippen molar-refractivity contribution in [3.8, 4) is 0 Å². The fourth-order valence-corrected chi connectivity index (χ4v) is 3.77. The molecule has 2 unspecified atom stereocenters. The maximum absolute atomic E-state index is 5.82. The van der Waals surface area contributed by atoms with Crippen LogP contribution in [0.25, 0.3) is 0 Å². The van der Waals surface area contributed by atoms with E-state index >= 15 is 0 Å². The summed E-state index contributed by atoms with van der Waals surface area (Å²) in [5.74, 6) is 0. The quantitative estimate of drug-likeness (QED) is 0.336. The lowest BCUT2D eigenvalue weighted by molar-refractivity contribution is 0.00489. The molecule has 1 rings (SSSR count). The minimum Gasteiger partial charge on any atom is -0.375 e. The number of allylic oxidation sites excluding steroid dienone is 1. The van der Waals surface area contributed by atoms with Crippen molar-refractivity contribution in [2.45, 2.75) is 24.7 Å². The van der Waals surface area contributed by atoms with Crippen molar-refractivity contribution in [3.63, 3.8) is 0 Å². The van der Waals surface area contributed by atoms with Gasteiger partial charge in [-0.1, -0.05) is 6.08 Å². The zero-order valence-corrected chi connectivity index (χ0v) is 11.8. The summed E-state index contributed by atoms with van der Waals surface area (Å²) in [6, 6.07) is 0. The second-order valence-electron chi connectivity index (χ2n) is 3.86. The Balaban J connectivity index is 2.58. The first-order valence-electron chi connectivity index (χ1n) is 5.72. The van der Waals surface area contributed by atoms with Crippen LogP contribution in [0.2, 0.25) is 0 Å². The van der Waals surface area contributed by atoms with Crippen LogP contribution < -0.4 is 0 Å². The second-order valence-corrected chi connectivity index (χ2v) is 6.94. The van der Waals surface area contributed by atoms with Crippen LogP contribution in [0.1, 0.15) is 12.8 Å². The van der Waals surface area contributed by atoms with Gasteiger partial charge in [0, 0.05) is 21.3 Å². The Hall–Kier alpha value is -0.243. The molecule has 0 aromatic heterocycles. The molecule has 0 aromatic rings. The van der Waals surface area contributed by atoms with E-state index in [-0.39, 0.29) is 11.8 Å². The largest absolute Gasteiger partial charge is 0.530 e. The van der Waals surface area contributed by atoms with Gasteiger partial charge in [-0.3, -0.25) is 0 Å². The highest BCUT2D eigenvalue weighted by Crippen LogP contribution is 2.21. The van der Waals surface area contributed by atoms with E-state index in [1.54, 1.807) is 21.3 Å². The minimum absolute atomic E-state index is 0.176. The predicted octanol–water partition coefficient (Wildman–Crippen LogP) is 1.15. The average molecular weight is 262 g/mol. The Morgan fingerprint density at radius 1 is 1.35 bits per heavy atom. The molecule has 0 amide bonds. The van der Waals surface area contributed by atoms with Crippen molar-refractivity contribution >= 4 is 8.80 Å². The maximum Gasteiger partial charge on any atom is 0.530 e. The van der Waals surface area contributed by atoms with E-state index in [0.717, 1.165) is 19.4 Å². The highest BCUT2D eigenvalue weighted by Gasteiger charge is 2.48. The molecule has 5 nitrogen and oxygen atoms in total. The molecular weight excluding hydrogens is 240 g/mol. The first kappa shape index (κ1) is 14.8. The van der Waals surface area contributed by atoms with Crippen LogP contribution in [0.5, 0.6) is 0 Å². The Morgan fingerprint density at radius 3 is 2.35 bits per heavy atom. The van der Waals surface area contributed by atoms with Gasteiger partial charge in [-0.15, -0.1) is 6.58 Å². The van der Waals surface area contributed by atoms with Gasteiger partial charge in [0.1, 0.15) is 11.8 Å². The van der Waals surface area contributed by atoms with E-state index in [1.165, 1.54) is 0 Å². The third-order valence-electron chi connectivity index (χ3n) is 2.77. The van der Waals surface area contributed by atoms with Crippen molar-refractivity contribution in [1.29, 1.82) is 0 Å². The first-order chi connectivity index (χ1) is 8.22. The molecule has 100 valence electrons. The lowest BCUT2D eigenvalue weighted by Gasteiger charge is -2.32. The molecule has 0 aliphatic carbocycles. The summed E-state index contributed by atoms with van der Waals surface area (Å²) >= 11 is 0. The molecule has 0 saturated carbocycles. The zero-order valence-electron chi connectivity index (χ0n) is 10.8. The van der Waals surface area contributed by atoms with Crippen LogP contribution in [0.4, 0.5) is 0 Å². The lowest BCUT2D eigenvalue weighted by atomic mass is 10.3. The fraction of sp³-hybridized carbons (Fsp3) is 0.818. The number of hydrogen-bond donors (Lipinski definition) is 0. The molecule has 0 radical (unpaired) electrons. The molecule has 1 aliphatic rings. The van der Waals surface area contributed by atoms with E-state index < -0.39 is 8.80 Å². The predicted molar refractivity (Wildman–Crippen MR) is 65.7 cm³/mol. The smallest absolute Gasteiger partial charge is 0.375 e. The van der Waals surface area contributed by atoms with Gasteiger partial charge in [0.2, 0.25) is 0 Å². The van der Waals surface area contributed by atoms with Crippen LogP contribution in [-0.4, -0.2) is 55.2 Å². The minimum atomic E-state index is -2.75. The Bertz CT molecular complexity index is 220. The molecule has 0 bridgehead atoms. The van der Waals surface area contributed by atoms with Gasteiger partial charge in [-0.05, 0) is 12.8 Å². The highest BCUT2D eigenvalue weighted by molar-refractivity contribution is 6.62. The van der Waals surface area contributed by atoms with Gasteiger partial charge < -0.3 is 22.8 Å². The molecular formula is C11H22O5Si. The summed E-state index contributed by atoms with van der Waals surface area (Å²) in [5, 5.41) is 0. The van der Waals surface area contributed by atoms with E-state index in [9.17, 15) is 0 Å². The van der Waals surface area contributed by atoms with Crippen LogP contribution in [0.3, 0.4) is 0 Å². The van der Waals surface area contributed by atoms with E-state index in [0.29, 0.717) is 6.61 Å². The highest BCUT2D eigenvalue weighted by atomic mass is 28.4. The van der Waals surface area contributed by atoms with Gasteiger partial charge in [-0.2, -0.15) is 0 Å². The Labute approximate surface area is 104 Å². The van der Waals surface area contributed by atoms with Gasteiger partial charge >= 0.3 is 8.80 Å². The molecule has 2 atom stereocenters. The molecule has 1 aliphatic heterocycles. The van der Waals surface area contributed by atoms with E-state index in [4.69, 9.17) is 22.8 Å². The fourth-order valence-electron chi connectivity index (χ4n) is 1.66. The van der Waals surface area contributed by atoms with Crippen molar-refractivity contribution in [2.24, 2.45) is 0 Å². The van der Waals surface area contributed by atoms with Crippen molar-refractivity contribution in [2.75, 3.05) is 34.5 Å². The van der Waals surface area contributed by atoms with Gasteiger partial charge in [-0.25, -0.2) is 0 Å². The topological polar surface area (TPSA) is 49.5 Å². The molecule has 1 heterocycles. The monoisotopic (exact) mass is 262 g/mol. The van der Waals surface area contributed by atoms with Gasteiger partial charge in [0.05, 0.1) is 13.2 Å². The summed E-state index contributed by atoms with van der Waals surface area (Å²) in [6.45, 7) is 5.05. The molecule has 17 heavy (non-hydrogen) atoms. The van der Waals surface area contributed by atoms with Crippen molar-refractivity contribution in [1.82, 2.24) is 0 Å². The van der Waals surface area contributed by atoms with Gasteiger partial charge in [0.25, 0.3) is 0 Å². The number of hydrogen-bond acceptors (Lipinski definition) is 5. The molecule has 1 saturated heterocycles. The SMILES string of the molecule is C=CCCC(OCC1CO1)[Si](OC)(OC)OC. The summed E-state index contributed by atoms with van der Waals surface area (Å²) in [4.78, 5) is 0. The van der Waals surface area contributed by atoms with E-state index in [2.05, 4.69) is 6.58 Å². The molecule has 0 aromatic carbocycles. The average Bonchev–Trinajstić information content (AvgIpc) is 3.18. The van der Waals surface area contributed by atoms with Crippen LogP contribution in [-0.2, 0) is 22.8 Å². The van der Waals surface area contributed by atoms with Crippen molar-refractivity contribution in [3.05, 3.63) is 12.7 Å². The number of epoxide rings is 1. The third-order valence-corrected chi connectivity index (χ3v) is 5.72. The van der Waals surface area contributed by atoms with E-state index in [1.807, 2.05) is 6.08 Å². The van der Waals surface area contributed by atoms with Crippen LogP contribution in [0.15, 0.2) is 12.7 Å². The molecule has 0 spiro atoms. The maximum atomic E-state index is 5.82. The molecule has 6 heteroatoms. The van der Waals surface area contributed by atoms with Crippen LogP contribution >= 0.6 is 0 Å². The number of ether oxygens (including phenoxy) is 2. The van der Waals surface area contributed by atoms with Crippen molar-refractivity contribution < 1.29 is 22.8 Å². The molecule has 1 fully saturated rings. The standard InChI is InChI=1S/C11H22O5Si/c1-5-6-7-11(16-9-10-8-15-10)17(12-2,13-3)14-4/h5,10-11H,1,6-9H2,2-4H3. The Morgan fingerprint density at radius 2 is 1.94 bits per heavy atom. The summed E-state index contributed by atoms with van der Waals surface area (Å²) < 4.78 is 27.3. The third kappa shape index (κ3) is 4.17. The van der Waals surface area contributed by atoms with Gasteiger partial charge in [0.15, 0.2) is 0 Å².